The van der Waals surface area contributed by atoms with Crippen molar-refractivity contribution in [2.75, 3.05) is 0 Å². The van der Waals surface area contributed by atoms with Crippen LogP contribution in [0.4, 0.5) is 0 Å². The molecule has 0 radical (unpaired) electrons. The molecule has 9 aromatic rings. The van der Waals surface area contributed by atoms with Gasteiger partial charge in [0.2, 0.25) is 0 Å². The van der Waals surface area contributed by atoms with Gasteiger partial charge in [-0.1, -0.05) is 72.1 Å². The van der Waals surface area contributed by atoms with Crippen LogP contribution in [0.5, 0.6) is 0 Å². The quantitative estimate of drug-likeness (QED) is 0.168. The van der Waals surface area contributed by atoms with Crippen molar-refractivity contribution in [2.24, 2.45) is 14.1 Å². The summed E-state index contributed by atoms with van der Waals surface area (Å²) in [6.45, 7) is 0. The fraction of sp³-hybridized carbons (Fsp3) is 0.0500. The van der Waals surface area contributed by atoms with E-state index in [-0.39, 0.29) is 21.1 Å². The van der Waals surface area contributed by atoms with Gasteiger partial charge in [0, 0.05) is 19.6 Å². The van der Waals surface area contributed by atoms with E-state index in [1.54, 1.807) is 0 Å². The van der Waals surface area contributed by atoms with Gasteiger partial charge in [-0.15, -0.1) is 53.6 Å². The summed E-state index contributed by atoms with van der Waals surface area (Å²) in [6, 6.07) is 51.8. The molecule has 0 unspecified atom stereocenters. The average Bonchev–Trinajstić information content (AvgIpc) is 3.73. The summed E-state index contributed by atoms with van der Waals surface area (Å²) in [7, 11) is 4.14. The molecule has 0 atom stereocenters. The number of hydrogen-bond acceptors (Lipinski definition) is 2. The summed E-state index contributed by atoms with van der Waals surface area (Å²) in [5.74, 6) is 1.77. The second kappa shape index (κ2) is 11.0. The summed E-state index contributed by atoms with van der Waals surface area (Å²) in [6.07, 6.45) is 0. The fourth-order valence-electron chi connectivity index (χ4n) is 6.63. The Bertz CT molecular complexity index is 2570. The average molecular weight is 773 g/mol. The van der Waals surface area contributed by atoms with Crippen molar-refractivity contribution < 1.29 is 21.1 Å². The molecule has 6 heteroatoms. The first-order valence-corrected chi connectivity index (χ1v) is 15.1. The minimum absolute atomic E-state index is 0. The maximum Gasteiger partial charge on any atom is 2.00 e. The summed E-state index contributed by atoms with van der Waals surface area (Å²) in [5.41, 5.74) is 11.4. The van der Waals surface area contributed by atoms with Gasteiger partial charge >= 0.3 is 21.1 Å². The standard InChI is InChI=1S/C40H27N5.Pt/c1-43-36-18-9-7-16-33(36)41-39(43)28-13-10-14-30(23-28)45-35-17-8-6-15-31(35)32-21-19-29(25-38(32)45)40-42-34-24-27(20-22-37(34)44(40)2)26-11-4-3-5-12-26;/h3-22,24H,1-2H3;/q-2;+2. The van der Waals surface area contributed by atoms with Gasteiger partial charge in [0.25, 0.3) is 0 Å². The molecule has 3 aromatic heterocycles. The van der Waals surface area contributed by atoms with Gasteiger partial charge in [0.05, 0.1) is 33.7 Å². The van der Waals surface area contributed by atoms with Crippen LogP contribution >= 0.6 is 0 Å². The molecule has 0 spiro atoms. The first kappa shape index (κ1) is 28.2. The first-order chi connectivity index (χ1) is 22.1. The molecule has 0 amide bonds. The number of rotatable bonds is 4. The summed E-state index contributed by atoms with van der Waals surface area (Å²) >= 11 is 0. The van der Waals surface area contributed by atoms with Gasteiger partial charge in [-0.25, -0.2) is 0 Å². The minimum atomic E-state index is 0. The molecule has 0 bridgehead atoms. The van der Waals surface area contributed by atoms with E-state index >= 15 is 0 Å². The predicted molar refractivity (Wildman–Crippen MR) is 183 cm³/mol. The molecule has 0 saturated carbocycles. The topological polar surface area (TPSA) is 40.6 Å². The van der Waals surface area contributed by atoms with Gasteiger partial charge in [-0.2, -0.15) is 0 Å². The van der Waals surface area contributed by atoms with Crippen molar-refractivity contribution in [1.82, 2.24) is 23.7 Å². The summed E-state index contributed by atoms with van der Waals surface area (Å²) < 4.78 is 6.56. The van der Waals surface area contributed by atoms with Gasteiger partial charge in [-0.3, -0.25) is 9.97 Å². The first-order valence-electron chi connectivity index (χ1n) is 15.1. The Morgan fingerprint density at radius 2 is 1.17 bits per heavy atom. The van der Waals surface area contributed by atoms with Crippen molar-refractivity contribution in [3.05, 3.63) is 140 Å². The molecule has 5 nitrogen and oxygen atoms in total. The largest absolute Gasteiger partial charge is 2.00 e. The van der Waals surface area contributed by atoms with Crippen molar-refractivity contribution in [3.8, 4) is 39.6 Å². The van der Waals surface area contributed by atoms with Crippen LogP contribution in [0.15, 0.2) is 127 Å². The van der Waals surface area contributed by atoms with Crippen LogP contribution in [-0.2, 0) is 35.2 Å². The smallest absolute Gasteiger partial charge is 0.367 e. The van der Waals surface area contributed by atoms with Crippen LogP contribution in [0.25, 0.3) is 83.5 Å². The normalized spacial score (nSPS) is 11.5. The van der Waals surface area contributed by atoms with E-state index in [0.29, 0.717) is 0 Å². The van der Waals surface area contributed by atoms with Crippen LogP contribution in [0.3, 0.4) is 0 Å². The third-order valence-electron chi connectivity index (χ3n) is 8.86. The molecular formula is C40H27N5Pt. The second-order valence-corrected chi connectivity index (χ2v) is 11.5. The maximum absolute atomic E-state index is 5.12. The van der Waals surface area contributed by atoms with Crippen LogP contribution in [0, 0.1) is 12.1 Å². The molecule has 3 heterocycles. The van der Waals surface area contributed by atoms with E-state index in [4.69, 9.17) is 9.97 Å². The number of nitrogens with zero attached hydrogens (tertiary/aromatic N) is 5. The molecule has 0 aliphatic heterocycles. The van der Waals surface area contributed by atoms with Gasteiger partial charge in [-0.05, 0) is 58.0 Å². The van der Waals surface area contributed by atoms with Crippen LogP contribution in [0.2, 0.25) is 0 Å². The number of fused-ring (bicyclic) bond motifs is 5. The van der Waals surface area contributed by atoms with Gasteiger partial charge in [0.15, 0.2) is 0 Å². The summed E-state index contributed by atoms with van der Waals surface area (Å²) in [5, 5.41) is 2.32. The van der Waals surface area contributed by atoms with Crippen LogP contribution < -0.4 is 0 Å². The van der Waals surface area contributed by atoms with E-state index in [2.05, 4.69) is 149 Å². The van der Waals surface area contributed by atoms with E-state index < -0.39 is 0 Å². The number of aryl methyl sites for hydroxylation is 2. The van der Waals surface area contributed by atoms with Crippen molar-refractivity contribution in [3.63, 3.8) is 0 Å². The Labute approximate surface area is 280 Å². The third kappa shape index (κ3) is 4.34. The number of aromatic nitrogens is 5. The predicted octanol–water partition coefficient (Wildman–Crippen LogP) is 9.16. The number of imidazole rings is 2. The second-order valence-electron chi connectivity index (χ2n) is 11.5. The molecule has 0 saturated heterocycles. The molecule has 46 heavy (non-hydrogen) atoms. The van der Waals surface area contributed by atoms with E-state index in [1.165, 1.54) is 10.9 Å². The molecule has 0 N–H and O–H groups in total. The third-order valence-corrected chi connectivity index (χ3v) is 8.86. The molecule has 0 aliphatic rings. The van der Waals surface area contributed by atoms with Crippen molar-refractivity contribution >= 4 is 43.9 Å². The minimum Gasteiger partial charge on any atom is -0.367 e. The summed E-state index contributed by atoms with van der Waals surface area (Å²) in [4.78, 5) is 10.1. The molecule has 9 rings (SSSR count). The van der Waals surface area contributed by atoms with Gasteiger partial charge < -0.3 is 13.7 Å². The zero-order chi connectivity index (χ0) is 30.1. The van der Waals surface area contributed by atoms with Crippen LogP contribution in [-0.4, -0.2) is 23.7 Å². The Hall–Kier alpha value is -5.25. The van der Waals surface area contributed by atoms with Crippen molar-refractivity contribution in [2.45, 2.75) is 0 Å². The van der Waals surface area contributed by atoms with E-state index in [9.17, 15) is 0 Å². The maximum atomic E-state index is 5.12. The number of para-hydroxylation sites is 3. The molecule has 0 aliphatic carbocycles. The zero-order valence-electron chi connectivity index (χ0n) is 25.2. The van der Waals surface area contributed by atoms with Crippen molar-refractivity contribution in [1.29, 1.82) is 0 Å². The SMILES string of the molecule is Cn1c(-c2[c-]c(-n3c4[c-]c(-c5nc6cc(-c7ccccc7)ccc6n5C)ccc4c4ccccc43)ccc2)nc2ccccc21.[Pt+2]. The molecule has 0 fully saturated rings. The van der Waals surface area contributed by atoms with Crippen LogP contribution in [0.1, 0.15) is 0 Å². The monoisotopic (exact) mass is 772 g/mol. The van der Waals surface area contributed by atoms with E-state index in [1.807, 2.05) is 18.2 Å². The Kier molecular flexibility index (Phi) is 6.74. The van der Waals surface area contributed by atoms with Gasteiger partial charge in [0.1, 0.15) is 0 Å². The van der Waals surface area contributed by atoms with E-state index in [0.717, 1.165) is 72.5 Å². The zero-order valence-corrected chi connectivity index (χ0v) is 27.4. The fourth-order valence-corrected chi connectivity index (χ4v) is 6.63. The molecule has 222 valence electrons. The Morgan fingerprint density at radius 3 is 1.98 bits per heavy atom. The number of hydrogen-bond donors (Lipinski definition) is 0. The Morgan fingerprint density at radius 1 is 0.500 bits per heavy atom. The molecule has 6 aromatic carbocycles. The number of benzene rings is 6. The Balaban J connectivity index is 0.00000312. The molecular weight excluding hydrogens is 746 g/mol.